The standard InChI is InChI=1S/C20H17ClF5N7O3S/c1-2-15-17(32-9-12(21)8-28-19(32)30-15)18(34)27-7-11-5-13(22)16(14(23)6-11)33-4-3-31(10-29-33)37(35,36)20(24,25)26/h5-6,8-10H,2-4,7H2,1H3,(H,27,34). The van der Waals surface area contributed by atoms with Crippen molar-refractivity contribution in [1.82, 2.24) is 24.0 Å². The number of anilines is 1. The molecule has 37 heavy (non-hydrogen) atoms. The summed E-state index contributed by atoms with van der Waals surface area (Å²) in [4.78, 5) is 21.2. The summed E-state index contributed by atoms with van der Waals surface area (Å²) in [6.07, 6.45) is 3.57. The van der Waals surface area contributed by atoms with Crippen molar-refractivity contribution in [2.45, 2.75) is 25.4 Å². The number of amides is 1. The Morgan fingerprint density at radius 1 is 1.19 bits per heavy atom. The van der Waals surface area contributed by atoms with Gasteiger partial charge in [-0.15, -0.1) is 0 Å². The Labute approximate surface area is 211 Å². The Kier molecular flexibility index (Phi) is 6.98. The van der Waals surface area contributed by atoms with Crippen LogP contribution in [0.25, 0.3) is 5.78 Å². The Balaban J connectivity index is 1.51. The molecule has 3 heterocycles. The zero-order valence-corrected chi connectivity index (χ0v) is 20.4. The number of hydrogen-bond acceptors (Lipinski definition) is 7. The third-order valence-corrected chi connectivity index (χ3v) is 6.99. The van der Waals surface area contributed by atoms with Gasteiger partial charge in [0.05, 0.1) is 30.0 Å². The number of aryl methyl sites for hydroxylation is 1. The third kappa shape index (κ3) is 5.02. The average Bonchev–Trinajstić information content (AvgIpc) is 3.19. The molecule has 4 rings (SSSR count). The first-order valence-corrected chi connectivity index (χ1v) is 12.3. The van der Waals surface area contributed by atoms with Crippen LogP contribution in [0.15, 0.2) is 29.6 Å². The molecule has 17 heteroatoms. The fraction of sp³-hybridized carbons (Fsp3) is 0.300. The minimum Gasteiger partial charge on any atom is -0.347 e. The predicted molar refractivity (Wildman–Crippen MR) is 122 cm³/mol. The molecule has 1 aromatic carbocycles. The number of carbonyl (C=O) groups excluding carboxylic acids is 1. The summed E-state index contributed by atoms with van der Waals surface area (Å²) in [6, 6.07) is 1.83. The summed E-state index contributed by atoms with van der Waals surface area (Å²) in [6.45, 7) is 0.225. The van der Waals surface area contributed by atoms with Crippen molar-refractivity contribution >= 4 is 45.3 Å². The lowest BCUT2D eigenvalue weighted by atomic mass is 10.1. The highest BCUT2D eigenvalue weighted by Crippen LogP contribution is 2.30. The van der Waals surface area contributed by atoms with Crippen LogP contribution in [-0.2, 0) is 23.0 Å². The second-order valence-corrected chi connectivity index (χ2v) is 10.0. The number of alkyl halides is 3. The molecule has 1 amide bonds. The highest BCUT2D eigenvalue weighted by molar-refractivity contribution is 7.90. The van der Waals surface area contributed by atoms with Crippen LogP contribution in [0.2, 0.25) is 5.02 Å². The molecule has 0 atom stereocenters. The van der Waals surface area contributed by atoms with E-state index in [1.807, 2.05) is 0 Å². The fourth-order valence-electron chi connectivity index (χ4n) is 3.59. The van der Waals surface area contributed by atoms with E-state index in [1.165, 1.54) is 16.8 Å². The van der Waals surface area contributed by atoms with Gasteiger partial charge in [0.2, 0.25) is 5.78 Å². The number of benzene rings is 1. The van der Waals surface area contributed by atoms with Crippen molar-refractivity contribution in [2.24, 2.45) is 5.10 Å². The predicted octanol–water partition coefficient (Wildman–Crippen LogP) is 3.07. The molecular weight excluding hydrogens is 549 g/mol. The van der Waals surface area contributed by atoms with Crippen LogP contribution >= 0.6 is 11.6 Å². The van der Waals surface area contributed by atoms with Gasteiger partial charge in [-0.2, -0.15) is 26.7 Å². The number of rotatable bonds is 6. The summed E-state index contributed by atoms with van der Waals surface area (Å²) < 4.78 is 91.9. The molecule has 10 nitrogen and oxygen atoms in total. The highest BCUT2D eigenvalue weighted by atomic mass is 35.5. The van der Waals surface area contributed by atoms with Crippen LogP contribution in [0.4, 0.5) is 27.6 Å². The first-order chi connectivity index (χ1) is 17.3. The van der Waals surface area contributed by atoms with Crippen molar-refractivity contribution in [3.63, 3.8) is 0 Å². The Hall–Kier alpha value is -3.53. The van der Waals surface area contributed by atoms with Gasteiger partial charge in [-0.1, -0.05) is 18.5 Å². The molecule has 0 fully saturated rings. The topological polar surface area (TPSA) is 112 Å². The summed E-state index contributed by atoms with van der Waals surface area (Å²) in [5, 5.41) is 6.98. The van der Waals surface area contributed by atoms with Crippen molar-refractivity contribution in [3.8, 4) is 0 Å². The van der Waals surface area contributed by atoms with Crippen LogP contribution in [0.5, 0.6) is 0 Å². The fourth-order valence-corrected chi connectivity index (χ4v) is 4.49. The van der Waals surface area contributed by atoms with Crippen LogP contribution in [-0.4, -0.2) is 57.9 Å². The van der Waals surface area contributed by atoms with E-state index >= 15 is 0 Å². The quantitative estimate of drug-likeness (QED) is 0.460. The van der Waals surface area contributed by atoms with E-state index in [2.05, 4.69) is 20.4 Å². The lowest BCUT2D eigenvalue weighted by molar-refractivity contribution is -0.0471. The minimum absolute atomic E-state index is 0.0393. The summed E-state index contributed by atoms with van der Waals surface area (Å²) in [7, 11) is -5.68. The highest BCUT2D eigenvalue weighted by Gasteiger charge is 2.50. The van der Waals surface area contributed by atoms with Gasteiger partial charge in [0.25, 0.3) is 5.91 Å². The monoisotopic (exact) mass is 565 g/mol. The molecule has 1 aliphatic rings. The molecule has 0 saturated heterocycles. The number of hydrogen-bond donors (Lipinski definition) is 1. The minimum atomic E-state index is -5.68. The van der Waals surface area contributed by atoms with E-state index in [9.17, 15) is 35.2 Å². The maximum Gasteiger partial charge on any atom is 0.516 e. The van der Waals surface area contributed by atoms with Gasteiger partial charge in [0, 0.05) is 12.7 Å². The number of imidazole rings is 1. The smallest absolute Gasteiger partial charge is 0.347 e. The first-order valence-electron chi connectivity index (χ1n) is 10.5. The molecule has 2 aromatic heterocycles. The van der Waals surface area contributed by atoms with Crippen molar-refractivity contribution < 1.29 is 35.2 Å². The lowest BCUT2D eigenvalue weighted by Gasteiger charge is -2.30. The van der Waals surface area contributed by atoms with Crippen LogP contribution < -0.4 is 10.3 Å². The molecule has 0 saturated carbocycles. The Bertz CT molecular complexity index is 1490. The number of carbonyl (C=O) groups is 1. The second kappa shape index (κ2) is 9.74. The number of aromatic nitrogens is 3. The van der Waals surface area contributed by atoms with Crippen LogP contribution in [0.3, 0.4) is 0 Å². The first kappa shape index (κ1) is 26.5. The zero-order chi connectivity index (χ0) is 27.1. The molecule has 0 aliphatic carbocycles. The SMILES string of the molecule is CCc1nc2ncc(Cl)cn2c1C(=O)NCc1cc(F)c(N2CCN(S(=O)(=O)C(F)(F)F)C=N2)c(F)c1. The van der Waals surface area contributed by atoms with Gasteiger partial charge >= 0.3 is 15.5 Å². The summed E-state index contributed by atoms with van der Waals surface area (Å²) >= 11 is 5.96. The Morgan fingerprint density at radius 3 is 2.43 bits per heavy atom. The molecule has 0 radical (unpaired) electrons. The maximum absolute atomic E-state index is 14.8. The Morgan fingerprint density at radius 2 is 1.86 bits per heavy atom. The van der Waals surface area contributed by atoms with Gasteiger partial charge in [-0.25, -0.2) is 23.1 Å². The molecule has 1 aliphatic heterocycles. The van der Waals surface area contributed by atoms with Crippen molar-refractivity contribution in [1.29, 1.82) is 0 Å². The number of fused-ring (bicyclic) bond motifs is 1. The molecular formula is C20H17ClF5N7O3S. The molecule has 1 N–H and O–H groups in total. The van der Waals surface area contributed by atoms with Crippen molar-refractivity contribution in [3.05, 3.63) is 58.1 Å². The maximum atomic E-state index is 14.8. The summed E-state index contributed by atoms with van der Waals surface area (Å²) in [5.74, 6) is -2.58. The van der Waals surface area contributed by atoms with E-state index in [-0.39, 0.29) is 32.9 Å². The number of nitrogens with one attached hydrogen (secondary N) is 1. The molecule has 0 spiro atoms. The van der Waals surface area contributed by atoms with Gasteiger partial charge in [0.15, 0.2) is 11.6 Å². The van der Waals surface area contributed by atoms with Crippen LogP contribution in [0.1, 0.15) is 28.7 Å². The lowest BCUT2D eigenvalue weighted by Crippen LogP contribution is -2.46. The third-order valence-electron chi connectivity index (χ3n) is 5.31. The zero-order valence-electron chi connectivity index (χ0n) is 18.8. The average molecular weight is 566 g/mol. The number of sulfonamides is 1. The van der Waals surface area contributed by atoms with E-state index in [0.29, 0.717) is 23.5 Å². The largest absolute Gasteiger partial charge is 0.516 e. The molecule has 198 valence electrons. The molecule has 0 unspecified atom stereocenters. The van der Waals surface area contributed by atoms with Gasteiger partial charge in [0.1, 0.15) is 17.7 Å². The molecule has 0 bridgehead atoms. The second-order valence-electron chi connectivity index (χ2n) is 7.71. The summed E-state index contributed by atoms with van der Waals surface area (Å²) in [5.41, 5.74) is -5.60. The normalized spacial score (nSPS) is 14.5. The van der Waals surface area contributed by atoms with Gasteiger partial charge in [-0.05, 0) is 24.1 Å². The number of hydrazone groups is 1. The molecule has 3 aromatic rings. The van der Waals surface area contributed by atoms with E-state index in [4.69, 9.17) is 11.6 Å². The number of nitrogens with zero attached hydrogens (tertiary/aromatic N) is 6. The van der Waals surface area contributed by atoms with E-state index in [0.717, 1.165) is 12.1 Å². The van der Waals surface area contributed by atoms with Crippen molar-refractivity contribution in [2.75, 3.05) is 18.1 Å². The van der Waals surface area contributed by atoms with E-state index < -0.39 is 51.9 Å². The van der Waals surface area contributed by atoms with Crippen LogP contribution in [0, 0.1) is 11.6 Å². The van der Waals surface area contributed by atoms with Gasteiger partial charge in [-0.3, -0.25) is 14.2 Å². The van der Waals surface area contributed by atoms with Gasteiger partial charge < -0.3 is 5.32 Å². The number of halogens is 6. The van der Waals surface area contributed by atoms with E-state index in [1.54, 1.807) is 6.92 Å².